The van der Waals surface area contributed by atoms with Crippen LogP contribution in [0.25, 0.3) is 5.69 Å². The van der Waals surface area contributed by atoms with Gasteiger partial charge in [-0.2, -0.15) is 9.40 Å². The maximum atomic E-state index is 14.4. The SMILES string of the molecule is O=C(Nc1ccc(S(=O)(=O)N2CCCCC2)cc1)c1nn(-c2ccccc2F)c2c1CCC2. The van der Waals surface area contributed by atoms with Crippen molar-refractivity contribution in [1.29, 1.82) is 0 Å². The van der Waals surface area contributed by atoms with Gasteiger partial charge in [-0.15, -0.1) is 0 Å². The molecule has 1 N–H and O–H groups in total. The number of benzene rings is 2. The van der Waals surface area contributed by atoms with Crippen LogP contribution in [0.4, 0.5) is 10.1 Å². The first-order valence-electron chi connectivity index (χ1n) is 11.2. The fourth-order valence-corrected chi connectivity index (χ4v) is 6.11. The number of aromatic nitrogens is 2. The number of halogens is 1. The van der Waals surface area contributed by atoms with Gasteiger partial charge in [0.15, 0.2) is 5.69 Å². The van der Waals surface area contributed by atoms with Crippen LogP contribution in [0.15, 0.2) is 53.4 Å². The minimum absolute atomic E-state index is 0.215. The minimum Gasteiger partial charge on any atom is -0.321 e. The van der Waals surface area contributed by atoms with Crippen LogP contribution in [0.2, 0.25) is 0 Å². The molecule has 1 fully saturated rings. The first kappa shape index (κ1) is 21.8. The van der Waals surface area contributed by atoms with Crippen molar-refractivity contribution in [2.24, 2.45) is 0 Å². The van der Waals surface area contributed by atoms with Crippen molar-refractivity contribution in [3.63, 3.8) is 0 Å². The van der Waals surface area contributed by atoms with E-state index in [9.17, 15) is 17.6 Å². The smallest absolute Gasteiger partial charge is 0.276 e. The minimum atomic E-state index is -3.53. The van der Waals surface area contributed by atoms with E-state index in [1.807, 2.05) is 0 Å². The molecule has 3 aromatic rings. The number of rotatable bonds is 5. The Kier molecular flexibility index (Phi) is 5.76. The van der Waals surface area contributed by atoms with Crippen LogP contribution in [0.5, 0.6) is 0 Å². The Labute approximate surface area is 192 Å². The molecular weight excluding hydrogens is 443 g/mol. The number of nitrogens with one attached hydrogen (secondary N) is 1. The number of carbonyl (C=O) groups excluding carboxylic acids is 1. The van der Waals surface area contributed by atoms with E-state index in [4.69, 9.17) is 0 Å². The number of amides is 1. The van der Waals surface area contributed by atoms with Crippen molar-refractivity contribution in [3.05, 3.63) is 71.3 Å². The van der Waals surface area contributed by atoms with Crippen molar-refractivity contribution < 1.29 is 17.6 Å². The second-order valence-corrected chi connectivity index (χ2v) is 10.4. The predicted molar refractivity (Wildman–Crippen MR) is 123 cm³/mol. The number of carbonyl (C=O) groups is 1. The lowest BCUT2D eigenvalue weighted by Crippen LogP contribution is -2.35. The molecule has 0 bridgehead atoms. The van der Waals surface area contributed by atoms with Crippen LogP contribution in [0, 0.1) is 5.82 Å². The summed E-state index contributed by atoms with van der Waals surface area (Å²) >= 11 is 0. The number of piperidine rings is 1. The normalized spacial score (nSPS) is 16.5. The van der Waals surface area contributed by atoms with Gasteiger partial charge in [0.25, 0.3) is 5.91 Å². The van der Waals surface area contributed by atoms with Gasteiger partial charge in [-0.25, -0.2) is 17.5 Å². The molecule has 1 aromatic heterocycles. The van der Waals surface area contributed by atoms with Gasteiger partial charge in [0.1, 0.15) is 11.5 Å². The molecule has 9 heteroatoms. The quantitative estimate of drug-likeness (QED) is 0.615. The maximum Gasteiger partial charge on any atom is 0.276 e. The highest BCUT2D eigenvalue weighted by atomic mass is 32.2. The Bertz CT molecular complexity index is 1300. The van der Waals surface area contributed by atoms with E-state index >= 15 is 0 Å². The van der Waals surface area contributed by atoms with E-state index in [0.29, 0.717) is 30.9 Å². The zero-order valence-corrected chi connectivity index (χ0v) is 18.9. The third-order valence-electron chi connectivity index (χ3n) is 6.29. The number of hydrogen-bond acceptors (Lipinski definition) is 4. The van der Waals surface area contributed by atoms with Crippen molar-refractivity contribution >= 4 is 21.6 Å². The van der Waals surface area contributed by atoms with Gasteiger partial charge in [0, 0.05) is 30.0 Å². The second-order valence-electron chi connectivity index (χ2n) is 8.43. The molecule has 33 heavy (non-hydrogen) atoms. The molecule has 2 heterocycles. The van der Waals surface area contributed by atoms with Gasteiger partial charge in [-0.3, -0.25) is 4.79 Å². The molecule has 1 aliphatic carbocycles. The van der Waals surface area contributed by atoms with Crippen molar-refractivity contribution in [3.8, 4) is 5.69 Å². The molecule has 2 aromatic carbocycles. The highest BCUT2D eigenvalue weighted by Crippen LogP contribution is 2.29. The van der Waals surface area contributed by atoms with E-state index in [-0.39, 0.29) is 10.6 Å². The molecule has 1 aliphatic heterocycles. The largest absolute Gasteiger partial charge is 0.321 e. The first-order valence-corrected chi connectivity index (χ1v) is 12.7. The summed E-state index contributed by atoms with van der Waals surface area (Å²) in [6.07, 6.45) is 5.11. The topological polar surface area (TPSA) is 84.3 Å². The lowest BCUT2D eigenvalue weighted by Gasteiger charge is -2.25. The molecule has 0 radical (unpaired) electrons. The second kappa shape index (κ2) is 8.72. The van der Waals surface area contributed by atoms with Gasteiger partial charge in [0.05, 0.1) is 4.90 Å². The average Bonchev–Trinajstić information content (AvgIpc) is 3.44. The fourth-order valence-electron chi connectivity index (χ4n) is 4.60. The van der Waals surface area contributed by atoms with Gasteiger partial charge in [-0.1, -0.05) is 18.6 Å². The zero-order valence-electron chi connectivity index (χ0n) is 18.1. The summed E-state index contributed by atoms with van der Waals surface area (Å²) < 4.78 is 43.1. The van der Waals surface area contributed by atoms with E-state index in [1.54, 1.807) is 30.3 Å². The van der Waals surface area contributed by atoms with Crippen LogP contribution in [0.1, 0.15) is 47.4 Å². The Morgan fingerprint density at radius 3 is 2.39 bits per heavy atom. The van der Waals surface area contributed by atoms with Crippen molar-refractivity contribution in [2.45, 2.75) is 43.4 Å². The van der Waals surface area contributed by atoms with Crippen molar-refractivity contribution in [2.75, 3.05) is 18.4 Å². The molecule has 172 valence electrons. The molecular formula is C24H25FN4O3S. The summed E-state index contributed by atoms with van der Waals surface area (Å²) in [6.45, 7) is 1.08. The van der Waals surface area contributed by atoms with E-state index in [0.717, 1.165) is 43.4 Å². The summed E-state index contributed by atoms with van der Waals surface area (Å²) in [7, 11) is -3.53. The summed E-state index contributed by atoms with van der Waals surface area (Å²) in [6, 6.07) is 12.6. The lowest BCUT2D eigenvalue weighted by molar-refractivity contribution is 0.102. The molecule has 5 rings (SSSR count). The average molecular weight is 469 g/mol. The molecule has 0 spiro atoms. The highest BCUT2D eigenvalue weighted by molar-refractivity contribution is 7.89. The summed E-state index contributed by atoms with van der Waals surface area (Å²) in [4.78, 5) is 13.2. The number of sulfonamides is 1. The molecule has 2 aliphatic rings. The van der Waals surface area contributed by atoms with Gasteiger partial charge in [0.2, 0.25) is 10.0 Å². The summed E-state index contributed by atoms with van der Waals surface area (Å²) in [5.41, 5.74) is 2.76. The first-order chi connectivity index (χ1) is 15.9. The lowest BCUT2D eigenvalue weighted by atomic mass is 10.2. The number of fused-ring (bicyclic) bond motifs is 1. The molecule has 0 unspecified atom stereocenters. The molecule has 0 atom stereocenters. The maximum absolute atomic E-state index is 14.4. The monoisotopic (exact) mass is 468 g/mol. The van der Waals surface area contributed by atoms with E-state index in [1.165, 1.54) is 27.2 Å². The Hall–Kier alpha value is -3.04. The number of nitrogens with zero attached hydrogens (tertiary/aromatic N) is 3. The van der Waals surface area contributed by atoms with Gasteiger partial charge in [-0.05, 0) is 68.5 Å². The summed E-state index contributed by atoms with van der Waals surface area (Å²) in [5, 5.41) is 7.25. The van der Waals surface area contributed by atoms with E-state index in [2.05, 4.69) is 10.4 Å². The Balaban J connectivity index is 1.37. The van der Waals surface area contributed by atoms with Gasteiger partial charge >= 0.3 is 0 Å². The molecule has 1 saturated heterocycles. The Morgan fingerprint density at radius 1 is 0.939 bits per heavy atom. The number of anilines is 1. The number of hydrogen-bond donors (Lipinski definition) is 1. The third kappa shape index (κ3) is 4.06. The van der Waals surface area contributed by atoms with E-state index < -0.39 is 21.7 Å². The predicted octanol–water partition coefficient (Wildman–Crippen LogP) is 3.93. The zero-order chi connectivity index (χ0) is 23.0. The van der Waals surface area contributed by atoms with Gasteiger partial charge < -0.3 is 5.32 Å². The van der Waals surface area contributed by atoms with Crippen LogP contribution in [0.3, 0.4) is 0 Å². The number of para-hydroxylation sites is 1. The highest BCUT2D eigenvalue weighted by Gasteiger charge is 2.28. The standard InChI is InChI=1S/C24H25FN4O3S/c25-20-8-2-3-9-22(20)29-21-10-6-7-19(21)23(27-29)24(30)26-17-11-13-18(14-12-17)33(31,32)28-15-4-1-5-16-28/h2-3,8-9,11-14H,1,4-7,10,15-16H2,(H,26,30). The van der Waals surface area contributed by atoms with Crippen molar-refractivity contribution in [1.82, 2.24) is 14.1 Å². The van der Waals surface area contributed by atoms with Crippen LogP contribution >= 0.6 is 0 Å². The third-order valence-corrected chi connectivity index (χ3v) is 8.20. The molecule has 7 nitrogen and oxygen atoms in total. The fraction of sp³-hybridized carbons (Fsp3) is 0.333. The molecule has 0 saturated carbocycles. The van der Waals surface area contributed by atoms with Crippen LogP contribution < -0.4 is 5.32 Å². The summed E-state index contributed by atoms with van der Waals surface area (Å²) in [5.74, 6) is -0.790. The Morgan fingerprint density at radius 2 is 1.67 bits per heavy atom. The van der Waals surface area contributed by atoms with Crippen LogP contribution in [-0.4, -0.2) is 41.5 Å². The van der Waals surface area contributed by atoms with Crippen LogP contribution in [-0.2, 0) is 22.9 Å². The molecule has 1 amide bonds.